The highest BCUT2D eigenvalue weighted by molar-refractivity contribution is 7.09. The summed E-state index contributed by atoms with van der Waals surface area (Å²) >= 11 is 1.83. The molecule has 17 heavy (non-hydrogen) atoms. The zero-order valence-corrected chi connectivity index (χ0v) is 12.0. The van der Waals surface area contributed by atoms with E-state index >= 15 is 0 Å². The van der Waals surface area contributed by atoms with Gasteiger partial charge in [0.2, 0.25) is 0 Å². The molecule has 1 aromatic heterocycles. The molecule has 96 valence electrons. The molecule has 1 saturated carbocycles. The molecule has 0 saturated heterocycles. The minimum Gasteiger partial charge on any atom is -0.314 e. The van der Waals surface area contributed by atoms with E-state index < -0.39 is 0 Å². The van der Waals surface area contributed by atoms with Crippen LogP contribution >= 0.6 is 11.3 Å². The SMILES string of the molecule is CCNC1CCC(C)CC1Cc1nc(C)cs1. The number of hydrogen-bond acceptors (Lipinski definition) is 3. The van der Waals surface area contributed by atoms with E-state index in [4.69, 9.17) is 0 Å². The van der Waals surface area contributed by atoms with E-state index in [2.05, 4.69) is 36.5 Å². The van der Waals surface area contributed by atoms with Crippen molar-refractivity contribution in [1.82, 2.24) is 10.3 Å². The van der Waals surface area contributed by atoms with Gasteiger partial charge in [-0.3, -0.25) is 0 Å². The van der Waals surface area contributed by atoms with Gasteiger partial charge in [0.15, 0.2) is 0 Å². The number of aromatic nitrogens is 1. The zero-order chi connectivity index (χ0) is 12.3. The molecule has 0 aliphatic heterocycles. The molecule has 0 spiro atoms. The normalized spacial score (nSPS) is 29.5. The smallest absolute Gasteiger partial charge is 0.0931 e. The predicted molar refractivity (Wildman–Crippen MR) is 74.5 cm³/mol. The van der Waals surface area contributed by atoms with Crippen LogP contribution in [0.5, 0.6) is 0 Å². The maximum atomic E-state index is 4.62. The third kappa shape index (κ3) is 3.52. The van der Waals surface area contributed by atoms with Crippen LogP contribution in [-0.2, 0) is 6.42 Å². The summed E-state index contributed by atoms with van der Waals surface area (Å²) in [5, 5.41) is 7.15. The lowest BCUT2D eigenvalue weighted by Crippen LogP contribution is -2.41. The Labute approximate surface area is 109 Å². The Bertz CT molecular complexity index is 348. The van der Waals surface area contributed by atoms with Crippen molar-refractivity contribution in [2.45, 2.75) is 52.5 Å². The van der Waals surface area contributed by atoms with Crippen molar-refractivity contribution < 1.29 is 0 Å². The molecule has 0 amide bonds. The van der Waals surface area contributed by atoms with Crippen LogP contribution in [0.3, 0.4) is 0 Å². The number of aryl methyl sites for hydroxylation is 1. The van der Waals surface area contributed by atoms with Crippen LogP contribution < -0.4 is 5.32 Å². The standard InChI is InChI=1S/C14H24N2S/c1-4-15-13-6-5-10(2)7-12(13)8-14-16-11(3)9-17-14/h9-10,12-13,15H,4-8H2,1-3H3. The molecule has 1 aliphatic carbocycles. The highest BCUT2D eigenvalue weighted by Crippen LogP contribution is 2.32. The summed E-state index contributed by atoms with van der Waals surface area (Å²) in [6, 6.07) is 0.709. The Morgan fingerprint density at radius 1 is 1.47 bits per heavy atom. The van der Waals surface area contributed by atoms with Crippen LogP contribution in [0.25, 0.3) is 0 Å². The van der Waals surface area contributed by atoms with Crippen molar-refractivity contribution in [3.8, 4) is 0 Å². The maximum Gasteiger partial charge on any atom is 0.0931 e. The Morgan fingerprint density at radius 3 is 2.94 bits per heavy atom. The largest absolute Gasteiger partial charge is 0.314 e. The van der Waals surface area contributed by atoms with Crippen molar-refractivity contribution in [2.24, 2.45) is 11.8 Å². The second-order valence-corrected chi connectivity index (χ2v) is 6.37. The van der Waals surface area contributed by atoms with Crippen molar-refractivity contribution in [2.75, 3.05) is 6.54 Å². The van der Waals surface area contributed by atoms with E-state index in [1.54, 1.807) is 0 Å². The average molecular weight is 252 g/mol. The fourth-order valence-corrected chi connectivity index (χ4v) is 3.84. The van der Waals surface area contributed by atoms with Crippen LogP contribution in [0.15, 0.2) is 5.38 Å². The van der Waals surface area contributed by atoms with E-state index in [0.717, 1.165) is 18.4 Å². The Balaban J connectivity index is 1.99. The first-order valence-corrected chi connectivity index (χ1v) is 7.71. The first kappa shape index (κ1) is 13.0. The minimum absolute atomic E-state index is 0.709. The second kappa shape index (κ2) is 5.96. The second-order valence-electron chi connectivity index (χ2n) is 5.43. The molecular weight excluding hydrogens is 228 g/mol. The lowest BCUT2D eigenvalue weighted by molar-refractivity contribution is 0.214. The number of thiazole rings is 1. The molecule has 0 bridgehead atoms. The molecule has 1 aliphatic rings. The van der Waals surface area contributed by atoms with Gasteiger partial charge in [-0.05, 0) is 44.6 Å². The summed E-state index contributed by atoms with van der Waals surface area (Å²) < 4.78 is 0. The first-order valence-electron chi connectivity index (χ1n) is 6.83. The maximum absolute atomic E-state index is 4.62. The number of hydrogen-bond donors (Lipinski definition) is 1. The molecule has 1 N–H and O–H groups in total. The Morgan fingerprint density at radius 2 is 2.29 bits per heavy atom. The molecule has 3 heteroatoms. The molecule has 0 radical (unpaired) electrons. The summed E-state index contributed by atoms with van der Waals surface area (Å²) in [6.07, 6.45) is 5.24. The van der Waals surface area contributed by atoms with E-state index in [1.807, 2.05) is 11.3 Å². The highest BCUT2D eigenvalue weighted by Gasteiger charge is 2.28. The van der Waals surface area contributed by atoms with Crippen molar-refractivity contribution >= 4 is 11.3 Å². The van der Waals surface area contributed by atoms with Gasteiger partial charge in [-0.2, -0.15) is 0 Å². The summed E-state index contributed by atoms with van der Waals surface area (Å²) in [7, 11) is 0. The van der Waals surface area contributed by atoms with Gasteiger partial charge in [0.1, 0.15) is 0 Å². The molecule has 1 heterocycles. The fourth-order valence-electron chi connectivity index (χ4n) is 2.98. The van der Waals surface area contributed by atoms with Gasteiger partial charge >= 0.3 is 0 Å². The van der Waals surface area contributed by atoms with Crippen LogP contribution in [-0.4, -0.2) is 17.6 Å². The number of nitrogens with zero attached hydrogens (tertiary/aromatic N) is 1. The van der Waals surface area contributed by atoms with E-state index in [0.29, 0.717) is 6.04 Å². The minimum atomic E-state index is 0.709. The monoisotopic (exact) mass is 252 g/mol. The van der Waals surface area contributed by atoms with Crippen LogP contribution in [0, 0.1) is 18.8 Å². The lowest BCUT2D eigenvalue weighted by Gasteiger charge is -2.35. The van der Waals surface area contributed by atoms with Gasteiger partial charge in [0, 0.05) is 23.5 Å². The Hall–Kier alpha value is -0.410. The lowest BCUT2D eigenvalue weighted by atomic mass is 9.77. The molecule has 0 aromatic carbocycles. The van der Waals surface area contributed by atoms with Gasteiger partial charge in [0.25, 0.3) is 0 Å². The van der Waals surface area contributed by atoms with E-state index in [9.17, 15) is 0 Å². The fraction of sp³-hybridized carbons (Fsp3) is 0.786. The number of rotatable bonds is 4. The third-order valence-electron chi connectivity index (χ3n) is 3.81. The van der Waals surface area contributed by atoms with Crippen molar-refractivity contribution in [3.63, 3.8) is 0 Å². The summed E-state index contributed by atoms with van der Waals surface area (Å²) in [4.78, 5) is 4.62. The third-order valence-corrected chi connectivity index (χ3v) is 4.80. The van der Waals surface area contributed by atoms with Gasteiger partial charge < -0.3 is 5.32 Å². The summed E-state index contributed by atoms with van der Waals surface area (Å²) in [5.41, 5.74) is 1.17. The molecule has 1 aromatic rings. The van der Waals surface area contributed by atoms with E-state index in [-0.39, 0.29) is 0 Å². The zero-order valence-electron chi connectivity index (χ0n) is 11.2. The van der Waals surface area contributed by atoms with Crippen molar-refractivity contribution in [3.05, 3.63) is 16.1 Å². The van der Waals surface area contributed by atoms with Crippen LogP contribution in [0.2, 0.25) is 0 Å². The van der Waals surface area contributed by atoms with Crippen molar-refractivity contribution in [1.29, 1.82) is 0 Å². The van der Waals surface area contributed by atoms with Gasteiger partial charge in [-0.15, -0.1) is 11.3 Å². The highest BCUT2D eigenvalue weighted by atomic mass is 32.1. The van der Waals surface area contributed by atoms with Crippen LogP contribution in [0.4, 0.5) is 0 Å². The molecule has 1 fully saturated rings. The molecule has 3 atom stereocenters. The van der Waals surface area contributed by atoms with Crippen LogP contribution in [0.1, 0.15) is 43.8 Å². The molecule has 2 rings (SSSR count). The predicted octanol–water partition coefficient (Wildman–Crippen LogP) is 3.41. The average Bonchev–Trinajstić information content (AvgIpc) is 2.68. The first-order chi connectivity index (χ1) is 8.19. The quantitative estimate of drug-likeness (QED) is 0.888. The molecule has 2 nitrogen and oxygen atoms in total. The summed E-state index contributed by atoms with van der Waals surface area (Å²) in [5.74, 6) is 1.67. The summed E-state index contributed by atoms with van der Waals surface area (Å²) in [6.45, 7) is 7.78. The number of nitrogens with one attached hydrogen (secondary N) is 1. The molecule has 3 unspecified atom stereocenters. The van der Waals surface area contributed by atoms with Gasteiger partial charge in [-0.25, -0.2) is 4.98 Å². The van der Waals surface area contributed by atoms with Gasteiger partial charge in [0.05, 0.1) is 5.01 Å². The Kier molecular flexibility index (Phi) is 4.57. The molecular formula is C14H24N2S. The van der Waals surface area contributed by atoms with E-state index in [1.165, 1.54) is 36.4 Å². The topological polar surface area (TPSA) is 24.9 Å². The van der Waals surface area contributed by atoms with Gasteiger partial charge in [-0.1, -0.05) is 13.8 Å².